The third kappa shape index (κ3) is 3.20. The molecule has 1 saturated heterocycles. The first kappa shape index (κ1) is 19.3. The van der Waals surface area contributed by atoms with Crippen LogP contribution in [-0.2, 0) is 15.0 Å². The summed E-state index contributed by atoms with van der Waals surface area (Å²) in [4.78, 5) is 29.1. The lowest BCUT2D eigenvalue weighted by Gasteiger charge is -2.40. The van der Waals surface area contributed by atoms with Crippen LogP contribution in [0.4, 0.5) is 14.5 Å². The van der Waals surface area contributed by atoms with Crippen molar-refractivity contribution in [3.63, 3.8) is 0 Å². The molecule has 0 N–H and O–H groups in total. The summed E-state index contributed by atoms with van der Waals surface area (Å²) in [5.74, 6) is -3.34. The molecule has 1 saturated carbocycles. The highest BCUT2D eigenvalue weighted by molar-refractivity contribution is 5.98. The van der Waals surface area contributed by atoms with E-state index in [9.17, 15) is 18.4 Å². The van der Waals surface area contributed by atoms with Gasteiger partial charge in [-0.05, 0) is 30.9 Å². The fourth-order valence-electron chi connectivity index (χ4n) is 5.16. The van der Waals surface area contributed by atoms with Gasteiger partial charge in [0.25, 0.3) is 0 Å². The third-order valence-electron chi connectivity index (χ3n) is 6.77. The summed E-state index contributed by atoms with van der Waals surface area (Å²) in [7, 11) is 0. The van der Waals surface area contributed by atoms with Crippen LogP contribution < -0.4 is 4.90 Å². The molecule has 0 radical (unpaired) electrons. The first-order valence-electron chi connectivity index (χ1n) is 10.3. The zero-order valence-electron chi connectivity index (χ0n) is 16.6. The lowest BCUT2D eigenvalue weighted by atomic mass is 9.74. The summed E-state index contributed by atoms with van der Waals surface area (Å²) in [6.45, 7) is 5.71. The van der Waals surface area contributed by atoms with E-state index in [1.807, 2.05) is 36.9 Å². The predicted octanol–water partition coefficient (Wildman–Crippen LogP) is 3.98. The Morgan fingerprint density at radius 3 is 2.39 bits per heavy atom. The van der Waals surface area contributed by atoms with Crippen LogP contribution in [0.5, 0.6) is 0 Å². The van der Waals surface area contributed by atoms with Crippen molar-refractivity contribution < 1.29 is 18.4 Å². The number of fused-ring (bicyclic) bond motifs is 2. The molecule has 152 valence electrons. The van der Waals surface area contributed by atoms with Crippen LogP contribution in [0.25, 0.3) is 0 Å². The van der Waals surface area contributed by atoms with E-state index in [1.54, 1.807) is 4.90 Å². The van der Waals surface area contributed by atoms with Crippen LogP contribution in [0.2, 0.25) is 0 Å². The second-order valence-corrected chi connectivity index (χ2v) is 9.00. The number of likely N-dealkylation sites (tertiary alicyclic amines) is 1. The Morgan fingerprint density at radius 2 is 1.79 bits per heavy atom. The van der Waals surface area contributed by atoms with E-state index in [0.717, 1.165) is 24.1 Å². The van der Waals surface area contributed by atoms with Crippen molar-refractivity contribution in [1.29, 1.82) is 0 Å². The van der Waals surface area contributed by atoms with Gasteiger partial charge in [-0.3, -0.25) is 9.59 Å². The molecular weight excluding hydrogens is 362 g/mol. The SMILES string of the molecule is CC(C)C(=O)N1CCC2(CC1)CN(C(=O)C1CCC(F)(F)C1)c1ccccc12. The number of amides is 2. The van der Waals surface area contributed by atoms with E-state index in [-0.39, 0.29) is 42.4 Å². The highest BCUT2D eigenvalue weighted by Gasteiger charge is 2.50. The van der Waals surface area contributed by atoms with Gasteiger partial charge >= 0.3 is 0 Å². The number of nitrogens with zero attached hydrogens (tertiary/aromatic N) is 2. The molecule has 6 heteroatoms. The van der Waals surface area contributed by atoms with Gasteiger partial charge in [-0.25, -0.2) is 8.78 Å². The van der Waals surface area contributed by atoms with Crippen LogP contribution in [0.15, 0.2) is 24.3 Å². The number of carbonyl (C=O) groups excluding carboxylic acids is 2. The van der Waals surface area contributed by atoms with Crippen LogP contribution in [0, 0.1) is 11.8 Å². The van der Waals surface area contributed by atoms with E-state index in [2.05, 4.69) is 6.07 Å². The zero-order valence-corrected chi connectivity index (χ0v) is 16.6. The Kier molecular flexibility index (Phi) is 4.71. The van der Waals surface area contributed by atoms with Crippen molar-refractivity contribution in [2.45, 2.75) is 57.3 Å². The molecule has 1 aromatic rings. The van der Waals surface area contributed by atoms with E-state index < -0.39 is 11.8 Å². The number of rotatable bonds is 2. The lowest BCUT2D eigenvalue weighted by Crippen LogP contribution is -2.49. The quantitative estimate of drug-likeness (QED) is 0.766. The smallest absolute Gasteiger partial charge is 0.248 e. The van der Waals surface area contributed by atoms with Gasteiger partial charge in [0.1, 0.15) is 0 Å². The van der Waals surface area contributed by atoms with Gasteiger partial charge in [0.05, 0.1) is 0 Å². The van der Waals surface area contributed by atoms with Crippen molar-refractivity contribution in [2.24, 2.45) is 11.8 Å². The monoisotopic (exact) mass is 390 g/mol. The molecule has 1 spiro atoms. The molecule has 2 fully saturated rings. The number of hydrogen-bond acceptors (Lipinski definition) is 2. The minimum absolute atomic E-state index is 0.0213. The van der Waals surface area contributed by atoms with E-state index in [0.29, 0.717) is 19.6 Å². The number of hydrogen-bond donors (Lipinski definition) is 0. The maximum absolute atomic E-state index is 13.7. The number of carbonyl (C=O) groups is 2. The molecule has 1 unspecified atom stereocenters. The minimum Gasteiger partial charge on any atom is -0.342 e. The zero-order chi connectivity index (χ0) is 20.1. The van der Waals surface area contributed by atoms with Gasteiger partial charge in [0.15, 0.2) is 0 Å². The van der Waals surface area contributed by atoms with Crippen LogP contribution >= 0.6 is 0 Å². The summed E-state index contributed by atoms with van der Waals surface area (Å²) in [5.41, 5.74) is 1.82. The summed E-state index contributed by atoms with van der Waals surface area (Å²) < 4.78 is 27.3. The molecule has 1 atom stereocenters. The van der Waals surface area contributed by atoms with Gasteiger partial charge < -0.3 is 9.80 Å². The summed E-state index contributed by atoms with van der Waals surface area (Å²) in [5, 5.41) is 0. The average molecular weight is 390 g/mol. The number of para-hydroxylation sites is 1. The summed E-state index contributed by atoms with van der Waals surface area (Å²) in [6, 6.07) is 7.87. The number of piperidine rings is 1. The Hall–Kier alpha value is -1.98. The molecule has 2 heterocycles. The van der Waals surface area contributed by atoms with Gasteiger partial charge in [-0.15, -0.1) is 0 Å². The van der Waals surface area contributed by atoms with E-state index in [4.69, 9.17) is 0 Å². The Balaban J connectivity index is 1.56. The van der Waals surface area contributed by atoms with Crippen molar-refractivity contribution in [3.05, 3.63) is 29.8 Å². The van der Waals surface area contributed by atoms with Gasteiger partial charge in [-0.2, -0.15) is 0 Å². The molecule has 2 amide bonds. The van der Waals surface area contributed by atoms with Crippen molar-refractivity contribution in [2.75, 3.05) is 24.5 Å². The van der Waals surface area contributed by atoms with Gasteiger partial charge in [-0.1, -0.05) is 32.0 Å². The Labute approximate surface area is 164 Å². The summed E-state index contributed by atoms with van der Waals surface area (Å²) in [6.07, 6.45) is 1.32. The van der Waals surface area contributed by atoms with Crippen LogP contribution in [0.3, 0.4) is 0 Å². The maximum Gasteiger partial charge on any atom is 0.248 e. The van der Waals surface area contributed by atoms with E-state index >= 15 is 0 Å². The van der Waals surface area contributed by atoms with E-state index in [1.165, 1.54) is 0 Å². The molecule has 4 nitrogen and oxygen atoms in total. The normalized spacial score (nSPS) is 25.4. The lowest BCUT2D eigenvalue weighted by molar-refractivity contribution is -0.136. The van der Waals surface area contributed by atoms with Crippen molar-refractivity contribution in [1.82, 2.24) is 4.90 Å². The fraction of sp³-hybridized carbons (Fsp3) is 0.636. The fourth-order valence-corrected chi connectivity index (χ4v) is 5.16. The van der Waals surface area contributed by atoms with Crippen LogP contribution in [-0.4, -0.2) is 42.3 Å². The van der Waals surface area contributed by atoms with Gasteiger partial charge in [0, 0.05) is 55.4 Å². The maximum atomic E-state index is 13.7. The molecule has 4 rings (SSSR count). The second kappa shape index (κ2) is 6.82. The first-order chi connectivity index (χ1) is 13.2. The standard InChI is InChI=1S/C22H28F2N2O2/c1-15(2)19(27)25-11-9-21(10-12-25)14-26(18-6-4-3-5-17(18)21)20(28)16-7-8-22(23,24)13-16/h3-6,15-16H,7-14H2,1-2H3. The Bertz CT molecular complexity index is 784. The second-order valence-electron chi connectivity index (χ2n) is 9.00. The Morgan fingerprint density at radius 1 is 1.11 bits per heavy atom. The number of halogens is 2. The number of benzene rings is 1. The van der Waals surface area contributed by atoms with Crippen molar-refractivity contribution >= 4 is 17.5 Å². The molecular formula is C22H28F2N2O2. The van der Waals surface area contributed by atoms with Gasteiger partial charge in [0.2, 0.25) is 17.7 Å². The first-order valence-corrected chi connectivity index (χ1v) is 10.3. The molecule has 3 aliphatic rings. The topological polar surface area (TPSA) is 40.6 Å². The third-order valence-corrected chi connectivity index (χ3v) is 6.77. The average Bonchev–Trinajstić information content (AvgIpc) is 3.20. The molecule has 0 aromatic heterocycles. The highest BCUT2D eigenvalue weighted by Crippen LogP contribution is 2.49. The number of alkyl halides is 2. The largest absolute Gasteiger partial charge is 0.342 e. The minimum atomic E-state index is -2.72. The molecule has 0 bridgehead atoms. The van der Waals surface area contributed by atoms with Crippen LogP contribution in [0.1, 0.15) is 51.5 Å². The highest BCUT2D eigenvalue weighted by atomic mass is 19.3. The predicted molar refractivity (Wildman–Crippen MR) is 103 cm³/mol. The van der Waals surface area contributed by atoms with Crippen molar-refractivity contribution in [3.8, 4) is 0 Å². The molecule has 1 aliphatic carbocycles. The number of anilines is 1. The molecule has 28 heavy (non-hydrogen) atoms. The molecule has 1 aromatic carbocycles. The summed E-state index contributed by atoms with van der Waals surface area (Å²) >= 11 is 0. The molecule has 2 aliphatic heterocycles.